The zero-order valence-corrected chi connectivity index (χ0v) is 39.2. The molecule has 5 aromatic heterocycles. The Morgan fingerprint density at radius 3 is 1.69 bits per heavy atom. The summed E-state index contributed by atoms with van der Waals surface area (Å²) < 4.78 is 14.2. The minimum atomic E-state index is 0.571. The number of hydrogen-bond donors (Lipinski definition) is 0. The highest BCUT2D eigenvalue weighted by molar-refractivity contribution is 7.25. The van der Waals surface area contributed by atoms with Crippen LogP contribution in [-0.4, -0.2) is 24.1 Å². The van der Waals surface area contributed by atoms with Crippen molar-refractivity contribution in [2.45, 2.75) is 0 Å². The van der Waals surface area contributed by atoms with E-state index in [9.17, 15) is 0 Å². The molecule has 0 amide bonds. The number of hydrogen-bond acceptors (Lipinski definition) is 5. The minimum absolute atomic E-state index is 0.571. The van der Waals surface area contributed by atoms with Crippen LogP contribution in [0.5, 0.6) is 0 Å². The lowest BCUT2D eigenvalue weighted by Gasteiger charge is -2.13. The smallest absolute Gasteiger partial charge is 0.164 e. The Morgan fingerprint density at radius 2 is 0.903 bits per heavy atom. The quantitative estimate of drug-likeness (QED) is 0.172. The predicted molar refractivity (Wildman–Crippen MR) is 300 cm³/mol. The molecule has 0 N–H and O–H groups in total. The normalized spacial score (nSPS) is 12.2. The summed E-state index contributed by atoms with van der Waals surface area (Å²) in [6, 6.07) is 80.3. The number of rotatable bonds is 5. The number of benzene rings is 11. The van der Waals surface area contributed by atoms with Gasteiger partial charge in [0.1, 0.15) is 5.58 Å². The molecule has 334 valence electrons. The number of nitrogens with zero attached hydrogens (tertiary/aromatic N) is 5. The highest BCUT2D eigenvalue weighted by atomic mass is 32.1. The fourth-order valence-electron chi connectivity index (χ4n) is 11.4. The van der Waals surface area contributed by atoms with Crippen LogP contribution in [0.3, 0.4) is 0 Å². The van der Waals surface area contributed by atoms with Gasteiger partial charge in [-0.25, -0.2) is 15.0 Å². The second-order valence-corrected chi connectivity index (χ2v) is 19.8. The van der Waals surface area contributed by atoms with E-state index in [4.69, 9.17) is 19.4 Å². The van der Waals surface area contributed by atoms with E-state index in [1.807, 2.05) is 0 Å². The Hall–Kier alpha value is -9.43. The SMILES string of the molecule is c1ccc(-n2c3ccccc3c3cc(-c4nc(-c5ccc6c(c5)sc5ccccc56)nc(-c5cc(-n6c7ccccc7c7cc8ccccc8cc76)c6oc7ccc8ccccc8c7c6c5)n4)ccc32)cc1. The third-order valence-electron chi connectivity index (χ3n) is 14.7. The van der Waals surface area contributed by atoms with Gasteiger partial charge in [-0.15, -0.1) is 11.3 Å². The lowest BCUT2D eigenvalue weighted by molar-refractivity contribution is 0.666. The van der Waals surface area contributed by atoms with E-state index in [-0.39, 0.29) is 0 Å². The van der Waals surface area contributed by atoms with Gasteiger partial charge in [0.15, 0.2) is 23.1 Å². The maximum Gasteiger partial charge on any atom is 0.164 e. The summed E-state index contributed by atoms with van der Waals surface area (Å²) in [6.45, 7) is 0. The Balaban J connectivity index is 0.997. The maximum atomic E-state index is 7.08. The second kappa shape index (κ2) is 15.0. The molecule has 16 aromatic rings. The molecular formula is C65H37N5OS. The molecule has 16 rings (SSSR count). The number of fused-ring (bicyclic) bond motifs is 15. The Morgan fingerprint density at radius 1 is 0.333 bits per heavy atom. The van der Waals surface area contributed by atoms with E-state index in [0.717, 1.165) is 93.6 Å². The van der Waals surface area contributed by atoms with Crippen LogP contribution >= 0.6 is 11.3 Å². The van der Waals surface area contributed by atoms with Crippen LogP contribution < -0.4 is 0 Å². The molecule has 72 heavy (non-hydrogen) atoms. The molecule has 0 spiro atoms. The molecule has 0 aliphatic heterocycles. The summed E-state index contributed by atoms with van der Waals surface area (Å²) in [7, 11) is 0. The molecule has 0 radical (unpaired) electrons. The van der Waals surface area contributed by atoms with Crippen molar-refractivity contribution >= 4 is 119 Å². The van der Waals surface area contributed by atoms with Crippen LogP contribution in [0.15, 0.2) is 229 Å². The minimum Gasteiger partial charge on any atom is -0.454 e. The molecular weight excluding hydrogens is 899 g/mol. The van der Waals surface area contributed by atoms with Gasteiger partial charge in [0.05, 0.1) is 27.8 Å². The van der Waals surface area contributed by atoms with Crippen LogP contribution in [0, 0.1) is 0 Å². The Bertz CT molecular complexity index is 4940. The fourth-order valence-corrected chi connectivity index (χ4v) is 12.6. The molecule has 0 aliphatic carbocycles. The molecule has 6 nitrogen and oxygen atoms in total. The molecule has 11 aromatic carbocycles. The van der Waals surface area contributed by atoms with Crippen molar-refractivity contribution in [3.8, 4) is 45.5 Å². The summed E-state index contributed by atoms with van der Waals surface area (Å²) in [5.74, 6) is 1.77. The third kappa shape index (κ3) is 5.80. The van der Waals surface area contributed by atoms with Gasteiger partial charge in [0.25, 0.3) is 0 Å². The van der Waals surface area contributed by atoms with Crippen molar-refractivity contribution in [2.75, 3.05) is 0 Å². The first kappa shape index (κ1) is 39.4. The summed E-state index contributed by atoms with van der Waals surface area (Å²) >= 11 is 1.79. The fraction of sp³-hybridized carbons (Fsp3) is 0. The summed E-state index contributed by atoms with van der Waals surface area (Å²) in [6.07, 6.45) is 0. The molecule has 7 heteroatoms. The lowest BCUT2D eigenvalue weighted by atomic mass is 10.0. The molecule has 0 atom stereocenters. The standard InChI is InChI=1S/C65H37N5OS/c1-2-17-44(18-3-1)69-53-23-11-8-20-46(53)50-33-41(27-30-55(50)69)63-66-64(42-26-29-49-48-22-10-13-25-59(48)72-60(49)37-42)68-65(67-63)43-34-52-61-45-19-7-6-14-38(45)28-31-58(61)71-62(52)57(36-43)70-54-24-12-9-21-47(54)51-32-39-15-4-5-16-40(39)35-56(51)70/h1-37H. The van der Waals surface area contributed by atoms with Gasteiger partial charge in [-0.1, -0.05) is 140 Å². The number of furan rings is 1. The zero-order valence-electron chi connectivity index (χ0n) is 38.4. The van der Waals surface area contributed by atoms with E-state index >= 15 is 0 Å². The predicted octanol–water partition coefficient (Wildman–Crippen LogP) is 17.6. The van der Waals surface area contributed by atoms with Crippen LogP contribution in [0.1, 0.15) is 0 Å². The third-order valence-corrected chi connectivity index (χ3v) is 15.8. The monoisotopic (exact) mass is 935 g/mol. The summed E-state index contributed by atoms with van der Waals surface area (Å²) in [5.41, 5.74) is 10.8. The maximum absolute atomic E-state index is 7.08. The van der Waals surface area contributed by atoms with E-state index in [1.54, 1.807) is 11.3 Å². The van der Waals surface area contributed by atoms with Gasteiger partial charge in [0, 0.05) is 74.9 Å². The van der Waals surface area contributed by atoms with E-state index < -0.39 is 0 Å². The van der Waals surface area contributed by atoms with Crippen molar-refractivity contribution in [1.82, 2.24) is 24.1 Å². The number of thiophene rings is 1. The van der Waals surface area contributed by atoms with E-state index in [1.165, 1.54) is 41.7 Å². The molecule has 0 saturated heterocycles. The summed E-state index contributed by atoms with van der Waals surface area (Å²) in [5, 5.41) is 13.8. The van der Waals surface area contributed by atoms with Crippen molar-refractivity contribution in [3.05, 3.63) is 224 Å². The van der Waals surface area contributed by atoms with Crippen LogP contribution in [0.25, 0.3) is 153 Å². The van der Waals surface area contributed by atoms with Crippen molar-refractivity contribution < 1.29 is 4.42 Å². The molecule has 5 heterocycles. The lowest BCUT2D eigenvalue weighted by Crippen LogP contribution is -2.02. The average Bonchev–Trinajstić information content (AvgIpc) is 4.20. The first-order chi connectivity index (χ1) is 35.7. The first-order valence-corrected chi connectivity index (χ1v) is 25.1. The molecule has 0 aliphatic rings. The van der Waals surface area contributed by atoms with Gasteiger partial charge in [-0.2, -0.15) is 0 Å². The second-order valence-electron chi connectivity index (χ2n) is 18.7. The van der Waals surface area contributed by atoms with Crippen LogP contribution in [0.4, 0.5) is 0 Å². The van der Waals surface area contributed by atoms with Gasteiger partial charge in [0.2, 0.25) is 0 Å². The highest BCUT2D eigenvalue weighted by Crippen LogP contribution is 2.44. The largest absolute Gasteiger partial charge is 0.454 e. The molecule has 0 saturated carbocycles. The van der Waals surface area contributed by atoms with Crippen LogP contribution in [0.2, 0.25) is 0 Å². The average molecular weight is 936 g/mol. The Kier molecular flexibility index (Phi) is 8.23. The Labute approximate surface area is 414 Å². The van der Waals surface area contributed by atoms with E-state index in [0.29, 0.717) is 17.5 Å². The highest BCUT2D eigenvalue weighted by Gasteiger charge is 2.24. The van der Waals surface area contributed by atoms with Crippen LogP contribution in [-0.2, 0) is 0 Å². The molecule has 0 bridgehead atoms. The van der Waals surface area contributed by atoms with Gasteiger partial charge in [-0.05, 0) is 106 Å². The van der Waals surface area contributed by atoms with Gasteiger partial charge in [-0.3, -0.25) is 0 Å². The van der Waals surface area contributed by atoms with Gasteiger partial charge < -0.3 is 13.6 Å². The first-order valence-electron chi connectivity index (χ1n) is 24.2. The zero-order chi connectivity index (χ0) is 47.0. The molecule has 0 fully saturated rings. The van der Waals surface area contributed by atoms with Crippen molar-refractivity contribution in [1.29, 1.82) is 0 Å². The number of para-hydroxylation sites is 3. The van der Waals surface area contributed by atoms with Crippen molar-refractivity contribution in [3.63, 3.8) is 0 Å². The summed E-state index contributed by atoms with van der Waals surface area (Å²) in [4.78, 5) is 16.4. The molecule has 0 unspecified atom stereocenters. The van der Waals surface area contributed by atoms with Gasteiger partial charge >= 0.3 is 0 Å². The topological polar surface area (TPSA) is 61.7 Å². The number of aromatic nitrogens is 5. The van der Waals surface area contributed by atoms with E-state index in [2.05, 4.69) is 234 Å². The van der Waals surface area contributed by atoms with Crippen molar-refractivity contribution in [2.24, 2.45) is 0 Å².